The number of nitrogens with one attached hydrogen (secondary N) is 1. The normalized spacial score (nSPS) is 9.00. The van der Waals surface area contributed by atoms with E-state index in [0.29, 0.717) is 19.6 Å². The van der Waals surface area contributed by atoms with Crippen LogP contribution in [-0.4, -0.2) is 36.5 Å². The lowest BCUT2D eigenvalue weighted by atomic mass is 10.5. The third kappa shape index (κ3) is 4.84. The Morgan fingerprint density at radius 1 is 1.62 bits per heavy atom. The van der Waals surface area contributed by atoms with Crippen LogP contribution < -0.4 is 11.1 Å². The number of rotatable bonds is 5. The number of primary amides is 1. The number of carbonyl (C=O) groups excluding carboxylic acids is 2. The van der Waals surface area contributed by atoms with E-state index in [0.717, 1.165) is 0 Å². The highest BCUT2D eigenvalue weighted by atomic mass is 16.2. The summed E-state index contributed by atoms with van der Waals surface area (Å²) in [5.74, 6) is -0.250. The molecule has 0 spiro atoms. The average molecular weight is 185 g/mol. The van der Waals surface area contributed by atoms with Gasteiger partial charge in [0, 0.05) is 19.6 Å². The Hall–Kier alpha value is -1.52. The van der Waals surface area contributed by atoms with E-state index in [1.165, 1.54) is 11.0 Å². The number of hydrogen-bond donors (Lipinski definition) is 2. The first kappa shape index (κ1) is 11.5. The number of hydrogen-bond acceptors (Lipinski definition) is 2. The van der Waals surface area contributed by atoms with Crippen molar-refractivity contribution in [3.63, 3.8) is 0 Å². The average Bonchev–Trinajstić information content (AvgIpc) is 2.11. The van der Waals surface area contributed by atoms with Gasteiger partial charge in [-0.15, -0.1) is 0 Å². The molecule has 0 saturated carbocycles. The summed E-state index contributed by atoms with van der Waals surface area (Å²) in [7, 11) is 0. The fourth-order valence-corrected chi connectivity index (χ4v) is 0.810. The summed E-state index contributed by atoms with van der Waals surface area (Å²) >= 11 is 0. The lowest BCUT2D eigenvalue weighted by Gasteiger charge is -2.17. The highest BCUT2D eigenvalue weighted by Crippen LogP contribution is 1.84. The van der Waals surface area contributed by atoms with Crippen molar-refractivity contribution in [3.8, 4) is 0 Å². The first-order valence-corrected chi connectivity index (χ1v) is 4.06. The van der Waals surface area contributed by atoms with Gasteiger partial charge in [-0.25, -0.2) is 4.79 Å². The first-order chi connectivity index (χ1) is 6.11. The first-order valence-electron chi connectivity index (χ1n) is 4.06. The van der Waals surface area contributed by atoms with Crippen LogP contribution in [0, 0.1) is 0 Å². The van der Waals surface area contributed by atoms with E-state index in [9.17, 15) is 9.59 Å². The van der Waals surface area contributed by atoms with Crippen molar-refractivity contribution in [3.05, 3.63) is 12.7 Å². The molecular formula is C8H15N3O2. The fraction of sp³-hybridized carbons (Fsp3) is 0.500. The molecule has 0 aliphatic carbocycles. The van der Waals surface area contributed by atoms with E-state index >= 15 is 0 Å². The fourth-order valence-electron chi connectivity index (χ4n) is 0.810. The van der Waals surface area contributed by atoms with Gasteiger partial charge < -0.3 is 16.0 Å². The molecular weight excluding hydrogens is 170 g/mol. The molecule has 0 aliphatic heterocycles. The molecule has 0 aliphatic rings. The van der Waals surface area contributed by atoms with Gasteiger partial charge in [0.25, 0.3) is 0 Å². The summed E-state index contributed by atoms with van der Waals surface area (Å²) in [5, 5.41) is 2.55. The summed E-state index contributed by atoms with van der Waals surface area (Å²) < 4.78 is 0. The van der Waals surface area contributed by atoms with Gasteiger partial charge in [-0.3, -0.25) is 4.79 Å². The van der Waals surface area contributed by atoms with Crippen LogP contribution in [0.4, 0.5) is 4.79 Å². The predicted molar refractivity (Wildman–Crippen MR) is 50.0 cm³/mol. The number of carbonyl (C=O) groups is 2. The van der Waals surface area contributed by atoms with Gasteiger partial charge in [-0.1, -0.05) is 6.58 Å². The van der Waals surface area contributed by atoms with Crippen molar-refractivity contribution in [2.75, 3.05) is 19.6 Å². The summed E-state index contributed by atoms with van der Waals surface area (Å²) in [6, 6.07) is -0.477. The molecule has 0 heterocycles. The molecule has 13 heavy (non-hydrogen) atoms. The van der Waals surface area contributed by atoms with Gasteiger partial charge in [0.15, 0.2) is 0 Å². The smallest absolute Gasteiger partial charge is 0.314 e. The van der Waals surface area contributed by atoms with Crippen molar-refractivity contribution in [2.45, 2.75) is 6.92 Å². The van der Waals surface area contributed by atoms with E-state index < -0.39 is 6.03 Å². The van der Waals surface area contributed by atoms with Crippen molar-refractivity contribution >= 4 is 11.9 Å². The van der Waals surface area contributed by atoms with E-state index in [1.54, 1.807) is 0 Å². The standard InChI is InChI=1S/C8H15N3O2/c1-3-7(12)10-5-6-11(4-2)8(9)13/h3H,1,4-6H2,2H3,(H2,9,13)(H,10,12). The van der Waals surface area contributed by atoms with Crippen molar-refractivity contribution < 1.29 is 9.59 Å². The Kier molecular flexibility index (Phi) is 5.34. The molecule has 0 rings (SSSR count). The van der Waals surface area contributed by atoms with Gasteiger partial charge in [0.2, 0.25) is 5.91 Å². The molecule has 0 saturated heterocycles. The molecule has 0 atom stereocenters. The number of likely N-dealkylation sites (N-methyl/N-ethyl adjacent to an activating group) is 1. The maximum absolute atomic E-state index is 10.7. The maximum Gasteiger partial charge on any atom is 0.314 e. The van der Waals surface area contributed by atoms with E-state index in [4.69, 9.17) is 5.73 Å². The second-order valence-electron chi connectivity index (χ2n) is 2.41. The molecule has 0 aromatic carbocycles. The van der Waals surface area contributed by atoms with Crippen LogP contribution in [0.3, 0.4) is 0 Å². The van der Waals surface area contributed by atoms with E-state index in [2.05, 4.69) is 11.9 Å². The molecule has 0 aromatic rings. The molecule has 0 bridgehead atoms. The Balaban J connectivity index is 3.67. The van der Waals surface area contributed by atoms with Crippen LogP contribution >= 0.6 is 0 Å². The summed E-state index contributed by atoms with van der Waals surface area (Å²) in [5.41, 5.74) is 5.05. The molecule has 5 nitrogen and oxygen atoms in total. The van der Waals surface area contributed by atoms with Gasteiger partial charge in [0.1, 0.15) is 0 Å². The quantitative estimate of drug-likeness (QED) is 0.576. The van der Waals surface area contributed by atoms with Gasteiger partial charge in [-0.2, -0.15) is 0 Å². The molecule has 3 amide bonds. The Labute approximate surface area is 77.6 Å². The zero-order valence-corrected chi connectivity index (χ0v) is 7.75. The van der Waals surface area contributed by atoms with Crippen molar-refractivity contribution in [2.24, 2.45) is 5.73 Å². The Morgan fingerprint density at radius 2 is 2.23 bits per heavy atom. The lowest BCUT2D eigenvalue weighted by molar-refractivity contribution is -0.116. The van der Waals surface area contributed by atoms with E-state index in [-0.39, 0.29) is 5.91 Å². The number of amides is 3. The number of nitrogens with two attached hydrogens (primary N) is 1. The van der Waals surface area contributed by atoms with Gasteiger partial charge >= 0.3 is 6.03 Å². The topological polar surface area (TPSA) is 75.4 Å². The predicted octanol–water partition coefficient (Wildman–Crippen LogP) is -0.311. The van der Waals surface area contributed by atoms with Crippen molar-refractivity contribution in [1.82, 2.24) is 10.2 Å². The summed E-state index contributed by atoms with van der Waals surface area (Å²) in [6.45, 7) is 6.47. The van der Waals surface area contributed by atoms with Gasteiger partial charge in [-0.05, 0) is 13.0 Å². The maximum atomic E-state index is 10.7. The third-order valence-electron chi connectivity index (χ3n) is 1.56. The van der Waals surface area contributed by atoms with Crippen molar-refractivity contribution in [1.29, 1.82) is 0 Å². The molecule has 5 heteroatoms. The minimum absolute atomic E-state index is 0.250. The van der Waals surface area contributed by atoms with E-state index in [1.807, 2.05) is 6.92 Å². The Bertz CT molecular complexity index is 204. The molecule has 74 valence electrons. The van der Waals surface area contributed by atoms with Crippen LogP contribution in [0.1, 0.15) is 6.92 Å². The SMILES string of the molecule is C=CC(=O)NCCN(CC)C(N)=O. The highest BCUT2D eigenvalue weighted by molar-refractivity contribution is 5.86. The highest BCUT2D eigenvalue weighted by Gasteiger charge is 2.05. The van der Waals surface area contributed by atoms with Crippen LogP contribution in [0.15, 0.2) is 12.7 Å². The molecule has 0 fully saturated rings. The molecule has 3 N–H and O–H groups in total. The number of urea groups is 1. The monoisotopic (exact) mass is 185 g/mol. The van der Waals surface area contributed by atoms with Gasteiger partial charge in [0.05, 0.1) is 0 Å². The van der Waals surface area contributed by atoms with Crippen LogP contribution in [0.5, 0.6) is 0 Å². The lowest BCUT2D eigenvalue weighted by Crippen LogP contribution is -2.40. The second-order valence-corrected chi connectivity index (χ2v) is 2.41. The molecule has 0 unspecified atom stereocenters. The largest absolute Gasteiger partial charge is 0.351 e. The minimum Gasteiger partial charge on any atom is -0.351 e. The van der Waals surface area contributed by atoms with Crippen LogP contribution in [0.25, 0.3) is 0 Å². The molecule has 0 radical (unpaired) electrons. The zero-order valence-electron chi connectivity index (χ0n) is 7.75. The zero-order chi connectivity index (χ0) is 10.3. The second kappa shape index (κ2) is 6.05. The summed E-state index contributed by atoms with van der Waals surface area (Å²) in [4.78, 5) is 22.8. The molecule has 0 aromatic heterocycles. The summed E-state index contributed by atoms with van der Waals surface area (Å²) in [6.07, 6.45) is 1.18. The Morgan fingerprint density at radius 3 is 2.62 bits per heavy atom. The third-order valence-corrected chi connectivity index (χ3v) is 1.56. The van der Waals surface area contributed by atoms with Crippen LogP contribution in [-0.2, 0) is 4.79 Å². The van der Waals surface area contributed by atoms with Crippen LogP contribution in [0.2, 0.25) is 0 Å². The number of nitrogens with zero attached hydrogens (tertiary/aromatic N) is 1. The minimum atomic E-state index is -0.477.